The molecule has 1 N–H and O–H groups in total. The number of hydrogen-bond donors (Lipinski definition) is 1. The lowest BCUT2D eigenvalue weighted by molar-refractivity contribution is 0.866. The molecule has 0 spiro atoms. The van der Waals surface area contributed by atoms with E-state index in [9.17, 15) is 0 Å². The van der Waals surface area contributed by atoms with Gasteiger partial charge in [0.2, 0.25) is 0 Å². The summed E-state index contributed by atoms with van der Waals surface area (Å²) in [4.78, 5) is 6.32. The van der Waals surface area contributed by atoms with Gasteiger partial charge >= 0.3 is 0 Å². The molecule has 102 valence electrons. The summed E-state index contributed by atoms with van der Waals surface area (Å²) < 4.78 is 0. The highest BCUT2D eigenvalue weighted by atomic mass is 15.1. The van der Waals surface area contributed by atoms with Crippen LogP contribution in [-0.4, -0.2) is 18.1 Å². The minimum Gasteiger partial charge on any atom is -0.372 e. The van der Waals surface area contributed by atoms with Gasteiger partial charge in [0.15, 0.2) is 5.69 Å². The molecule has 1 heterocycles. The van der Waals surface area contributed by atoms with E-state index in [0.29, 0.717) is 5.69 Å². The van der Waals surface area contributed by atoms with E-state index in [1.54, 1.807) is 6.20 Å². The number of rotatable bonds is 5. The summed E-state index contributed by atoms with van der Waals surface area (Å²) in [5, 5.41) is 12.2. The monoisotopic (exact) mass is 266 g/mol. The first-order valence-corrected chi connectivity index (χ1v) is 6.75. The molecular formula is C16H18N4. The van der Waals surface area contributed by atoms with Gasteiger partial charge in [0, 0.05) is 30.7 Å². The largest absolute Gasteiger partial charge is 0.372 e. The Balaban J connectivity index is 2.17. The summed E-state index contributed by atoms with van der Waals surface area (Å²) in [7, 11) is 0. The van der Waals surface area contributed by atoms with Gasteiger partial charge in [-0.15, -0.1) is 0 Å². The standard InChI is InChI=1S/C16H18N4/c1-3-20(4-2)14-9-7-13(8-10-14)19-15-6-5-11-18-16(15)12-17/h5-11,19H,3-4H2,1-2H3. The first kappa shape index (κ1) is 13.9. The van der Waals surface area contributed by atoms with Crippen LogP contribution in [0.25, 0.3) is 0 Å². The van der Waals surface area contributed by atoms with Crippen molar-refractivity contribution in [2.75, 3.05) is 23.3 Å². The van der Waals surface area contributed by atoms with E-state index in [0.717, 1.165) is 24.5 Å². The molecule has 1 aromatic heterocycles. The van der Waals surface area contributed by atoms with Crippen molar-refractivity contribution in [3.8, 4) is 6.07 Å². The summed E-state index contributed by atoms with van der Waals surface area (Å²) >= 11 is 0. The molecule has 2 rings (SSSR count). The molecule has 0 amide bonds. The minimum atomic E-state index is 0.403. The maximum Gasteiger partial charge on any atom is 0.163 e. The van der Waals surface area contributed by atoms with Gasteiger partial charge in [-0.1, -0.05) is 0 Å². The summed E-state index contributed by atoms with van der Waals surface area (Å²) in [6, 6.07) is 13.9. The number of anilines is 3. The lowest BCUT2D eigenvalue weighted by Crippen LogP contribution is -2.21. The molecule has 0 radical (unpaired) electrons. The van der Waals surface area contributed by atoms with Crippen LogP contribution in [0, 0.1) is 11.3 Å². The average Bonchev–Trinajstić information content (AvgIpc) is 2.51. The highest BCUT2D eigenvalue weighted by Gasteiger charge is 2.04. The van der Waals surface area contributed by atoms with Crippen LogP contribution < -0.4 is 10.2 Å². The third-order valence-electron chi connectivity index (χ3n) is 3.19. The molecule has 0 aliphatic heterocycles. The fraction of sp³-hybridized carbons (Fsp3) is 0.250. The fourth-order valence-electron chi connectivity index (χ4n) is 2.10. The van der Waals surface area contributed by atoms with Gasteiger partial charge < -0.3 is 10.2 Å². The summed E-state index contributed by atoms with van der Waals surface area (Å²) in [5.41, 5.74) is 3.28. The van der Waals surface area contributed by atoms with Crippen molar-refractivity contribution in [3.63, 3.8) is 0 Å². The SMILES string of the molecule is CCN(CC)c1ccc(Nc2cccnc2C#N)cc1. The zero-order valence-corrected chi connectivity index (χ0v) is 11.8. The van der Waals surface area contributed by atoms with E-state index < -0.39 is 0 Å². The smallest absolute Gasteiger partial charge is 0.163 e. The predicted octanol–water partition coefficient (Wildman–Crippen LogP) is 3.54. The number of nitrogens with zero attached hydrogens (tertiary/aromatic N) is 3. The van der Waals surface area contributed by atoms with Crippen molar-refractivity contribution in [2.45, 2.75) is 13.8 Å². The molecule has 0 fully saturated rings. The number of nitrogens with one attached hydrogen (secondary N) is 1. The fourth-order valence-corrected chi connectivity index (χ4v) is 2.10. The van der Waals surface area contributed by atoms with E-state index in [1.165, 1.54) is 5.69 Å². The number of aromatic nitrogens is 1. The molecule has 4 nitrogen and oxygen atoms in total. The summed E-state index contributed by atoms with van der Waals surface area (Å²) in [6.07, 6.45) is 1.62. The highest BCUT2D eigenvalue weighted by molar-refractivity contribution is 5.66. The average molecular weight is 266 g/mol. The third-order valence-corrected chi connectivity index (χ3v) is 3.19. The Kier molecular flexibility index (Phi) is 4.56. The molecule has 0 atom stereocenters. The number of pyridine rings is 1. The van der Waals surface area contributed by atoms with Gasteiger partial charge in [0.1, 0.15) is 6.07 Å². The van der Waals surface area contributed by atoms with Crippen LogP contribution in [0.3, 0.4) is 0 Å². The number of nitriles is 1. The Labute approximate surface area is 119 Å². The third kappa shape index (κ3) is 3.07. The van der Waals surface area contributed by atoms with Crippen LogP contribution in [-0.2, 0) is 0 Å². The van der Waals surface area contributed by atoms with Crippen LogP contribution in [0.1, 0.15) is 19.5 Å². The highest BCUT2D eigenvalue weighted by Crippen LogP contribution is 2.22. The molecule has 2 aromatic rings. The molecule has 0 aliphatic rings. The Morgan fingerprint density at radius 3 is 2.45 bits per heavy atom. The van der Waals surface area contributed by atoms with Crippen molar-refractivity contribution >= 4 is 17.1 Å². The van der Waals surface area contributed by atoms with Gasteiger partial charge in [0.05, 0.1) is 5.69 Å². The summed E-state index contributed by atoms with van der Waals surface area (Å²) in [6.45, 7) is 6.27. The molecule has 4 heteroatoms. The summed E-state index contributed by atoms with van der Waals surface area (Å²) in [5.74, 6) is 0. The molecule has 0 unspecified atom stereocenters. The predicted molar refractivity (Wildman–Crippen MR) is 82.2 cm³/mol. The van der Waals surface area contributed by atoms with E-state index in [2.05, 4.69) is 47.3 Å². The maximum atomic E-state index is 9.02. The van der Waals surface area contributed by atoms with Crippen molar-refractivity contribution in [3.05, 3.63) is 48.3 Å². The minimum absolute atomic E-state index is 0.403. The molecule has 0 bridgehead atoms. The second-order valence-electron chi connectivity index (χ2n) is 4.36. The zero-order chi connectivity index (χ0) is 14.4. The van der Waals surface area contributed by atoms with E-state index >= 15 is 0 Å². The topological polar surface area (TPSA) is 52.0 Å². The van der Waals surface area contributed by atoms with Crippen LogP contribution in [0.15, 0.2) is 42.6 Å². The van der Waals surface area contributed by atoms with Gasteiger partial charge in [0.25, 0.3) is 0 Å². The van der Waals surface area contributed by atoms with Crippen molar-refractivity contribution < 1.29 is 0 Å². The first-order valence-electron chi connectivity index (χ1n) is 6.75. The molecular weight excluding hydrogens is 248 g/mol. The van der Waals surface area contributed by atoms with Crippen LogP contribution in [0.4, 0.5) is 17.1 Å². The van der Waals surface area contributed by atoms with Crippen molar-refractivity contribution in [1.29, 1.82) is 5.26 Å². The number of benzene rings is 1. The van der Waals surface area contributed by atoms with Crippen molar-refractivity contribution in [1.82, 2.24) is 4.98 Å². The maximum absolute atomic E-state index is 9.02. The molecule has 0 aliphatic carbocycles. The second kappa shape index (κ2) is 6.58. The lowest BCUT2D eigenvalue weighted by atomic mass is 10.2. The van der Waals surface area contributed by atoms with Gasteiger partial charge in [-0.3, -0.25) is 0 Å². The van der Waals surface area contributed by atoms with Crippen LogP contribution in [0.5, 0.6) is 0 Å². The second-order valence-corrected chi connectivity index (χ2v) is 4.36. The van der Waals surface area contributed by atoms with Gasteiger partial charge in [-0.25, -0.2) is 4.98 Å². The molecule has 0 saturated carbocycles. The number of hydrogen-bond acceptors (Lipinski definition) is 4. The zero-order valence-electron chi connectivity index (χ0n) is 11.8. The van der Waals surface area contributed by atoms with Crippen LogP contribution >= 0.6 is 0 Å². The van der Waals surface area contributed by atoms with Gasteiger partial charge in [-0.05, 0) is 50.2 Å². The van der Waals surface area contributed by atoms with Crippen molar-refractivity contribution in [2.24, 2.45) is 0 Å². The van der Waals surface area contributed by atoms with Gasteiger partial charge in [-0.2, -0.15) is 5.26 Å². The quantitative estimate of drug-likeness (QED) is 0.899. The molecule has 1 aromatic carbocycles. The first-order chi connectivity index (χ1) is 9.78. The Hall–Kier alpha value is -2.54. The molecule has 0 saturated heterocycles. The Morgan fingerprint density at radius 2 is 1.85 bits per heavy atom. The lowest BCUT2D eigenvalue weighted by Gasteiger charge is -2.21. The normalized spacial score (nSPS) is 9.85. The van der Waals surface area contributed by atoms with E-state index in [1.807, 2.05) is 24.3 Å². The Morgan fingerprint density at radius 1 is 1.15 bits per heavy atom. The Bertz CT molecular complexity index is 595. The van der Waals surface area contributed by atoms with E-state index in [4.69, 9.17) is 5.26 Å². The van der Waals surface area contributed by atoms with E-state index in [-0.39, 0.29) is 0 Å². The molecule has 20 heavy (non-hydrogen) atoms. The van der Waals surface area contributed by atoms with Crippen LogP contribution in [0.2, 0.25) is 0 Å².